The van der Waals surface area contributed by atoms with E-state index in [1.54, 1.807) is 12.1 Å². The fraction of sp³-hybridized carbons (Fsp3) is 0.294. The molecular weight excluding hydrogens is 327 g/mol. The highest BCUT2D eigenvalue weighted by Crippen LogP contribution is 2.23. The van der Waals surface area contributed by atoms with Gasteiger partial charge in [-0.15, -0.1) is 0 Å². The Balaban J connectivity index is 1.67. The summed E-state index contributed by atoms with van der Waals surface area (Å²) < 4.78 is 14.2. The van der Waals surface area contributed by atoms with Crippen molar-refractivity contribution in [3.8, 4) is 0 Å². The first kappa shape index (κ1) is 16.8. The van der Waals surface area contributed by atoms with Crippen molar-refractivity contribution in [3.05, 3.63) is 47.7 Å². The van der Waals surface area contributed by atoms with Gasteiger partial charge in [0.15, 0.2) is 11.5 Å². The number of carboxylic acids is 1. The Kier molecular flexibility index (Phi) is 4.60. The maximum Gasteiger partial charge on any atom is 0.356 e. The lowest BCUT2D eigenvalue weighted by Gasteiger charge is -2.36. The molecule has 2 aromatic rings. The number of aromatic carboxylic acids is 1. The van der Waals surface area contributed by atoms with Crippen molar-refractivity contribution >= 4 is 23.3 Å². The van der Waals surface area contributed by atoms with E-state index in [2.05, 4.69) is 9.97 Å². The summed E-state index contributed by atoms with van der Waals surface area (Å²) in [5.41, 5.74) is 0.723. The Morgan fingerprint density at radius 3 is 2.28 bits per heavy atom. The van der Waals surface area contributed by atoms with Crippen LogP contribution < -0.4 is 9.80 Å². The van der Waals surface area contributed by atoms with Crippen LogP contribution in [0.3, 0.4) is 0 Å². The molecule has 1 N–H and O–H groups in total. The highest BCUT2D eigenvalue weighted by Gasteiger charge is 2.21. The van der Waals surface area contributed by atoms with Crippen molar-refractivity contribution in [2.24, 2.45) is 0 Å². The molecule has 25 heavy (non-hydrogen) atoms. The summed E-state index contributed by atoms with van der Waals surface area (Å²) >= 11 is 0. The van der Waals surface area contributed by atoms with Crippen LogP contribution in [0.2, 0.25) is 0 Å². The van der Waals surface area contributed by atoms with E-state index in [0.717, 1.165) is 0 Å². The zero-order valence-corrected chi connectivity index (χ0v) is 13.6. The Hall–Kier alpha value is -3.03. The maximum atomic E-state index is 14.2. The lowest BCUT2D eigenvalue weighted by Crippen LogP contribution is -2.47. The van der Waals surface area contributed by atoms with E-state index in [1.807, 2.05) is 9.80 Å². The Morgan fingerprint density at radius 2 is 1.76 bits per heavy atom. The zero-order chi connectivity index (χ0) is 18.0. The van der Waals surface area contributed by atoms with E-state index in [0.29, 0.717) is 43.2 Å². The number of benzene rings is 1. The second kappa shape index (κ2) is 6.84. The van der Waals surface area contributed by atoms with Crippen molar-refractivity contribution < 1.29 is 19.1 Å². The van der Waals surface area contributed by atoms with Crippen molar-refractivity contribution in [1.82, 2.24) is 9.97 Å². The monoisotopic (exact) mass is 344 g/mol. The normalized spacial score (nSPS) is 14.5. The number of carbonyl (C=O) groups excluding carboxylic acids is 1. The number of halogens is 1. The first-order chi connectivity index (χ1) is 12.0. The molecule has 0 saturated carbocycles. The summed E-state index contributed by atoms with van der Waals surface area (Å²) in [4.78, 5) is 34.0. The van der Waals surface area contributed by atoms with Crippen LogP contribution in [0.1, 0.15) is 27.8 Å². The van der Waals surface area contributed by atoms with Gasteiger partial charge in [0.1, 0.15) is 11.6 Å². The number of ketones is 1. The van der Waals surface area contributed by atoms with E-state index in [-0.39, 0.29) is 11.5 Å². The number of piperazine rings is 1. The zero-order valence-electron chi connectivity index (χ0n) is 13.6. The quantitative estimate of drug-likeness (QED) is 0.847. The van der Waals surface area contributed by atoms with Crippen LogP contribution >= 0.6 is 0 Å². The molecule has 1 aliphatic heterocycles. The molecule has 7 nitrogen and oxygen atoms in total. The predicted octanol–water partition coefficient (Wildman–Crippen LogP) is 1.84. The molecule has 130 valence electrons. The number of Topliss-reactive ketones (excluding diaryl/α,β-unsaturated/α-hetero) is 1. The van der Waals surface area contributed by atoms with Gasteiger partial charge < -0.3 is 14.9 Å². The molecule has 1 aromatic heterocycles. The van der Waals surface area contributed by atoms with Gasteiger partial charge in [0.2, 0.25) is 0 Å². The molecule has 0 aliphatic carbocycles. The van der Waals surface area contributed by atoms with E-state index in [1.165, 1.54) is 25.4 Å². The molecule has 0 bridgehead atoms. The number of anilines is 2. The summed E-state index contributed by atoms with van der Waals surface area (Å²) in [7, 11) is 0. The molecule has 3 rings (SSSR count). The van der Waals surface area contributed by atoms with Crippen LogP contribution in [0, 0.1) is 5.82 Å². The standard InChI is InChI=1S/C17H17FN4O3/c1-11(23)12-2-3-15(13(18)8-12)21-4-6-22(7-5-21)16-10-19-14(9-20-16)17(24)25/h2-3,8-10H,4-7H2,1H3,(H,24,25). The Labute approximate surface area is 143 Å². The lowest BCUT2D eigenvalue weighted by atomic mass is 10.1. The third-order valence-corrected chi connectivity index (χ3v) is 4.16. The average Bonchev–Trinajstić information content (AvgIpc) is 2.62. The third kappa shape index (κ3) is 3.57. The highest BCUT2D eigenvalue weighted by atomic mass is 19.1. The van der Waals surface area contributed by atoms with E-state index >= 15 is 0 Å². The largest absolute Gasteiger partial charge is 0.476 e. The molecule has 1 saturated heterocycles. The number of carboxylic acid groups (broad SMARTS) is 1. The number of nitrogens with zero attached hydrogens (tertiary/aromatic N) is 4. The van der Waals surface area contributed by atoms with Crippen molar-refractivity contribution in [2.75, 3.05) is 36.0 Å². The SMILES string of the molecule is CC(=O)c1ccc(N2CCN(c3cnc(C(=O)O)cn3)CC2)c(F)c1. The molecule has 0 unspecified atom stereocenters. The summed E-state index contributed by atoms with van der Waals surface area (Å²) in [6, 6.07) is 4.52. The van der Waals surface area contributed by atoms with Crippen LogP contribution in [0.4, 0.5) is 15.9 Å². The first-order valence-electron chi connectivity index (χ1n) is 7.81. The minimum atomic E-state index is -1.12. The smallest absolute Gasteiger partial charge is 0.356 e. The van der Waals surface area contributed by atoms with Crippen LogP contribution in [0.25, 0.3) is 0 Å². The number of aromatic nitrogens is 2. The molecule has 0 atom stereocenters. The highest BCUT2D eigenvalue weighted by molar-refractivity contribution is 5.94. The molecule has 1 aromatic carbocycles. The molecule has 1 fully saturated rings. The van der Waals surface area contributed by atoms with Crippen molar-refractivity contribution in [2.45, 2.75) is 6.92 Å². The van der Waals surface area contributed by atoms with Crippen LogP contribution in [0.5, 0.6) is 0 Å². The fourth-order valence-corrected chi connectivity index (χ4v) is 2.75. The maximum absolute atomic E-state index is 14.2. The first-order valence-corrected chi connectivity index (χ1v) is 7.81. The van der Waals surface area contributed by atoms with Gasteiger partial charge in [-0.05, 0) is 25.1 Å². The predicted molar refractivity (Wildman–Crippen MR) is 89.8 cm³/mol. The lowest BCUT2D eigenvalue weighted by molar-refractivity contribution is 0.0689. The fourth-order valence-electron chi connectivity index (χ4n) is 2.75. The summed E-state index contributed by atoms with van der Waals surface area (Å²) in [5.74, 6) is -1.10. The molecule has 0 radical (unpaired) electrons. The Morgan fingerprint density at radius 1 is 1.08 bits per heavy atom. The molecular formula is C17H17FN4O3. The topological polar surface area (TPSA) is 86.6 Å². The molecule has 0 spiro atoms. The number of rotatable bonds is 4. The minimum absolute atomic E-state index is 0.102. The summed E-state index contributed by atoms with van der Waals surface area (Å²) in [6.07, 6.45) is 2.66. The molecule has 2 heterocycles. The van der Waals surface area contributed by atoms with Crippen molar-refractivity contribution in [1.29, 1.82) is 0 Å². The van der Waals surface area contributed by atoms with Gasteiger partial charge in [-0.25, -0.2) is 19.2 Å². The molecule has 0 amide bonds. The van der Waals surface area contributed by atoms with Gasteiger partial charge in [-0.3, -0.25) is 4.79 Å². The third-order valence-electron chi connectivity index (χ3n) is 4.16. The van der Waals surface area contributed by atoms with Gasteiger partial charge >= 0.3 is 5.97 Å². The van der Waals surface area contributed by atoms with Crippen LogP contribution in [0.15, 0.2) is 30.6 Å². The summed E-state index contributed by atoms with van der Waals surface area (Å²) in [6.45, 7) is 3.78. The number of hydrogen-bond acceptors (Lipinski definition) is 6. The van der Waals surface area contributed by atoms with Gasteiger partial charge in [-0.2, -0.15) is 0 Å². The Bertz CT molecular complexity index is 802. The van der Waals surface area contributed by atoms with Crippen LogP contribution in [-0.4, -0.2) is 53.0 Å². The van der Waals surface area contributed by atoms with Gasteiger partial charge in [0, 0.05) is 31.7 Å². The van der Waals surface area contributed by atoms with Gasteiger partial charge in [0.05, 0.1) is 18.1 Å². The van der Waals surface area contributed by atoms with Gasteiger partial charge in [0.25, 0.3) is 0 Å². The van der Waals surface area contributed by atoms with E-state index in [4.69, 9.17) is 5.11 Å². The van der Waals surface area contributed by atoms with Crippen LogP contribution in [-0.2, 0) is 0 Å². The second-order valence-corrected chi connectivity index (χ2v) is 5.76. The average molecular weight is 344 g/mol. The van der Waals surface area contributed by atoms with Crippen molar-refractivity contribution in [3.63, 3.8) is 0 Å². The van der Waals surface area contributed by atoms with E-state index in [9.17, 15) is 14.0 Å². The molecule has 1 aliphatic rings. The van der Waals surface area contributed by atoms with E-state index < -0.39 is 11.8 Å². The minimum Gasteiger partial charge on any atom is -0.476 e. The van der Waals surface area contributed by atoms with Gasteiger partial charge in [-0.1, -0.05) is 0 Å². The number of carbonyl (C=O) groups is 2. The second-order valence-electron chi connectivity index (χ2n) is 5.76. The summed E-state index contributed by atoms with van der Waals surface area (Å²) in [5, 5.41) is 8.85. The number of hydrogen-bond donors (Lipinski definition) is 1. The molecule has 8 heteroatoms.